The van der Waals surface area contributed by atoms with Crippen LogP contribution < -0.4 is 0 Å². The summed E-state index contributed by atoms with van der Waals surface area (Å²) in [5, 5.41) is 0. The average Bonchev–Trinajstić information content (AvgIpc) is 2.76. The molecule has 0 spiro atoms. The number of nitrogens with zero attached hydrogens (tertiary/aromatic N) is 2. The highest BCUT2D eigenvalue weighted by Crippen LogP contribution is 2.29. The normalized spacial score (nSPS) is 13.0. The van der Waals surface area contributed by atoms with Gasteiger partial charge in [-0.2, -0.15) is 0 Å². The van der Waals surface area contributed by atoms with Crippen molar-refractivity contribution in [3.05, 3.63) is 24.0 Å². The molecule has 2 aromatic rings. The van der Waals surface area contributed by atoms with Crippen LogP contribution in [0.25, 0.3) is 11.0 Å². The summed E-state index contributed by atoms with van der Waals surface area (Å²) >= 11 is 1.71. The summed E-state index contributed by atoms with van der Waals surface area (Å²) in [6, 6.07) is 5.88. The van der Waals surface area contributed by atoms with Gasteiger partial charge in [0.05, 0.1) is 17.6 Å². The molecule has 3 nitrogen and oxygen atoms in total. The molecule has 0 amide bonds. The Morgan fingerprint density at radius 2 is 1.91 bits per heavy atom. The number of thioether (sulfide) groups is 1. The molecule has 1 aromatic carbocycles. The Morgan fingerprint density at radius 1 is 1.22 bits per heavy atom. The Hall–Kier alpha value is -1.21. The van der Waals surface area contributed by atoms with E-state index in [4.69, 9.17) is 0 Å². The standard InChI is InChI=1S/C16H21F3N2OS/c1-5-23-11-6-7-13-12(10-11)20-14(15(2,3)4)21(13)8-9-22-16(17,18)19/h6-7,10H,5,8-9H2,1-4H3. The molecular weight excluding hydrogens is 325 g/mol. The van der Waals surface area contributed by atoms with Gasteiger partial charge in [0.25, 0.3) is 0 Å². The fourth-order valence-electron chi connectivity index (χ4n) is 2.42. The number of hydrogen-bond acceptors (Lipinski definition) is 3. The van der Waals surface area contributed by atoms with Crippen LogP contribution in [0.4, 0.5) is 13.2 Å². The Morgan fingerprint density at radius 3 is 2.48 bits per heavy atom. The van der Waals surface area contributed by atoms with Crippen LogP contribution in [-0.2, 0) is 16.7 Å². The molecule has 0 aliphatic heterocycles. The van der Waals surface area contributed by atoms with Gasteiger partial charge >= 0.3 is 6.36 Å². The lowest BCUT2D eigenvalue weighted by Crippen LogP contribution is -2.22. The van der Waals surface area contributed by atoms with E-state index in [1.165, 1.54) is 0 Å². The summed E-state index contributed by atoms with van der Waals surface area (Å²) in [7, 11) is 0. The zero-order valence-corrected chi connectivity index (χ0v) is 14.5. The van der Waals surface area contributed by atoms with Crippen molar-refractivity contribution in [1.82, 2.24) is 9.55 Å². The highest BCUT2D eigenvalue weighted by molar-refractivity contribution is 7.99. The molecule has 0 saturated heterocycles. The van der Waals surface area contributed by atoms with Crippen LogP contribution in [0, 0.1) is 0 Å². The first-order chi connectivity index (χ1) is 10.6. The van der Waals surface area contributed by atoms with E-state index in [1.54, 1.807) is 11.8 Å². The minimum atomic E-state index is -4.61. The van der Waals surface area contributed by atoms with Gasteiger partial charge in [-0.3, -0.25) is 4.74 Å². The van der Waals surface area contributed by atoms with Crippen molar-refractivity contribution in [3.8, 4) is 0 Å². The Kier molecular flexibility index (Phi) is 5.30. The van der Waals surface area contributed by atoms with E-state index in [-0.39, 0.29) is 12.0 Å². The van der Waals surface area contributed by atoms with Crippen LogP contribution in [0.2, 0.25) is 0 Å². The van der Waals surface area contributed by atoms with Crippen LogP contribution in [0.1, 0.15) is 33.5 Å². The zero-order chi connectivity index (χ0) is 17.3. The zero-order valence-electron chi connectivity index (χ0n) is 13.7. The molecule has 0 unspecified atom stereocenters. The molecule has 0 saturated carbocycles. The monoisotopic (exact) mass is 346 g/mol. The second kappa shape index (κ2) is 6.73. The third-order valence-electron chi connectivity index (χ3n) is 3.28. The fourth-order valence-corrected chi connectivity index (χ4v) is 3.11. The van der Waals surface area contributed by atoms with E-state index >= 15 is 0 Å². The molecule has 0 bridgehead atoms. The lowest BCUT2D eigenvalue weighted by Gasteiger charge is -2.20. The van der Waals surface area contributed by atoms with Gasteiger partial charge in [-0.15, -0.1) is 24.9 Å². The maximum absolute atomic E-state index is 12.2. The highest BCUT2D eigenvalue weighted by Gasteiger charge is 2.29. The van der Waals surface area contributed by atoms with Crippen molar-refractivity contribution >= 4 is 22.8 Å². The maximum Gasteiger partial charge on any atom is 0.522 e. The Labute approximate surface area is 138 Å². The minimum Gasteiger partial charge on any atom is -0.325 e. The van der Waals surface area contributed by atoms with Gasteiger partial charge in [0.1, 0.15) is 5.82 Å². The first kappa shape index (κ1) is 18.1. The third kappa shape index (κ3) is 4.64. The summed E-state index contributed by atoms with van der Waals surface area (Å²) in [4.78, 5) is 5.76. The summed E-state index contributed by atoms with van der Waals surface area (Å²) in [6.07, 6.45) is -4.61. The number of halogens is 3. The van der Waals surface area contributed by atoms with Crippen LogP contribution in [0.3, 0.4) is 0 Å². The summed E-state index contributed by atoms with van der Waals surface area (Å²) in [5.41, 5.74) is 1.37. The molecule has 0 aliphatic rings. The van der Waals surface area contributed by atoms with Gasteiger partial charge in [0, 0.05) is 16.9 Å². The molecule has 0 N–H and O–H groups in total. The number of hydrogen-bond donors (Lipinski definition) is 0. The molecule has 2 rings (SSSR count). The molecule has 128 valence electrons. The van der Waals surface area contributed by atoms with Crippen LogP contribution in [-0.4, -0.2) is 28.3 Å². The molecule has 7 heteroatoms. The van der Waals surface area contributed by atoms with Crippen molar-refractivity contribution in [3.63, 3.8) is 0 Å². The number of ether oxygens (including phenoxy) is 1. The number of benzene rings is 1. The molecule has 23 heavy (non-hydrogen) atoms. The Balaban J connectivity index is 2.38. The quantitative estimate of drug-likeness (QED) is 0.714. The van der Waals surface area contributed by atoms with E-state index in [0.717, 1.165) is 27.5 Å². The molecule has 0 atom stereocenters. The summed E-state index contributed by atoms with van der Waals surface area (Å²) < 4.78 is 42.4. The van der Waals surface area contributed by atoms with Gasteiger partial charge in [-0.05, 0) is 24.0 Å². The summed E-state index contributed by atoms with van der Waals surface area (Å²) in [6.45, 7) is 7.75. The predicted octanol–water partition coefficient (Wildman–Crippen LogP) is 4.98. The van der Waals surface area contributed by atoms with Gasteiger partial charge < -0.3 is 4.57 Å². The third-order valence-corrected chi connectivity index (χ3v) is 4.16. The van der Waals surface area contributed by atoms with Gasteiger partial charge in [0.2, 0.25) is 0 Å². The van der Waals surface area contributed by atoms with Gasteiger partial charge in [-0.1, -0.05) is 27.7 Å². The van der Waals surface area contributed by atoms with Crippen molar-refractivity contribution in [2.24, 2.45) is 0 Å². The number of fused-ring (bicyclic) bond motifs is 1. The summed E-state index contributed by atoms with van der Waals surface area (Å²) in [5.74, 6) is 1.72. The lowest BCUT2D eigenvalue weighted by molar-refractivity contribution is -0.325. The molecule has 1 heterocycles. The molecule has 0 aliphatic carbocycles. The fraction of sp³-hybridized carbons (Fsp3) is 0.562. The van der Waals surface area contributed by atoms with E-state index in [2.05, 4.69) is 16.6 Å². The van der Waals surface area contributed by atoms with E-state index in [0.29, 0.717) is 0 Å². The van der Waals surface area contributed by atoms with Gasteiger partial charge in [-0.25, -0.2) is 4.98 Å². The molecule has 0 radical (unpaired) electrons. The minimum absolute atomic E-state index is 0.114. The first-order valence-corrected chi connectivity index (χ1v) is 8.44. The SMILES string of the molecule is CCSc1ccc2c(c1)nc(C(C)(C)C)n2CCOC(F)(F)F. The average molecular weight is 346 g/mol. The second-order valence-corrected chi connectivity index (χ2v) is 7.55. The van der Waals surface area contributed by atoms with E-state index in [9.17, 15) is 13.2 Å². The number of imidazole rings is 1. The van der Waals surface area contributed by atoms with E-state index in [1.807, 2.05) is 43.5 Å². The van der Waals surface area contributed by atoms with Crippen molar-refractivity contribution < 1.29 is 17.9 Å². The van der Waals surface area contributed by atoms with Crippen LogP contribution >= 0.6 is 11.8 Å². The van der Waals surface area contributed by atoms with Crippen molar-refractivity contribution in [2.75, 3.05) is 12.4 Å². The number of alkyl halides is 3. The predicted molar refractivity (Wildman–Crippen MR) is 86.8 cm³/mol. The molecular formula is C16H21F3N2OS. The van der Waals surface area contributed by atoms with Crippen molar-refractivity contribution in [2.45, 2.75) is 50.9 Å². The van der Waals surface area contributed by atoms with Crippen molar-refractivity contribution in [1.29, 1.82) is 0 Å². The largest absolute Gasteiger partial charge is 0.522 e. The number of rotatable bonds is 5. The highest BCUT2D eigenvalue weighted by atomic mass is 32.2. The molecule has 1 aromatic heterocycles. The first-order valence-electron chi connectivity index (χ1n) is 7.46. The van der Waals surface area contributed by atoms with Crippen LogP contribution in [0.15, 0.2) is 23.1 Å². The maximum atomic E-state index is 12.2. The lowest BCUT2D eigenvalue weighted by atomic mass is 9.95. The molecule has 0 fully saturated rings. The van der Waals surface area contributed by atoms with E-state index < -0.39 is 13.0 Å². The topological polar surface area (TPSA) is 27.1 Å². The Bertz CT molecular complexity index is 674. The second-order valence-electron chi connectivity index (χ2n) is 6.21. The van der Waals surface area contributed by atoms with Crippen LogP contribution in [0.5, 0.6) is 0 Å². The van der Waals surface area contributed by atoms with Gasteiger partial charge in [0.15, 0.2) is 0 Å². The number of aromatic nitrogens is 2. The smallest absolute Gasteiger partial charge is 0.325 e.